The van der Waals surface area contributed by atoms with E-state index in [2.05, 4.69) is 113 Å². The van der Waals surface area contributed by atoms with E-state index in [9.17, 15) is 0 Å². The summed E-state index contributed by atoms with van der Waals surface area (Å²) in [6.45, 7) is 6.53. The van der Waals surface area contributed by atoms with Gasteiger partial charge in [-0.25, -0.2) is 0 Å². The van der Waals surface area contributed by atoms with Gasteiger partial charge in [-0.05, 0) is 75.0 Å². The zero-order valence-electron chi connectivity index (χ0n) is 16.1. The van der Waals surface area contributed by atoms with Crippen molar-refractivity contribution < 1.29 is 0 Å². The van der Waals surface area contributed by atoms with Crippen LogP contribution in [0.15, 0.2) is 60.7 Å². The molecule has 0 aromatic heterocycles. The van der Waals surface area contributed by atoms with E-state index in [0.29, 0.717) is 0 Å². The zero-order valence-corrected chi connectivity index (χ0v) is 16.1. The van der Waals surface area contributed by atoms with Gasteiger partial charge >= 0.3 is 0 Å². The fourth-order valence-corrected chi connectivity index (χ4v) is 1.88. The van der Waals surface area contributed by atoms with Gasteiger partial charge in [-0.1, -0.05) is 62.4 Å². The maximum absolute atomic E-state index is 2.24. The quantitative estimate of drug-likeness (QED) is 0.603. The van der Waals surface area contributed by atoms with Crippen LogP contribution >= 0.6 is 0 Å². The van der Waals surface area contributed by atoms with E-state index in [-0.39, 0.29) is 0 Å². The molecule has 0 N–H and O–H groups in total. The molecule has 0 heterocycles. The minimum absolute atomic E-state index is 1.14. The molecule has 0 saturated heterocycles. The highest BCUT2D eigenvalue weighted by atomic mass is 15.0. The van der Waals surface area contributed by atoms with Crippen molar-refractivity contribution in [3.8, 4) is 0 Å². The first-order chi connectivity index (χ1) is 11.5. The van der Waals surface area contributed by atoms with Crippen molar-refractivity contribution in [3.63, 3.8) is 0 Å². The summed E-state index contributed by atoms with van der Waals surface area (Å²) in [6.07, 6.45) is 0. The number of rotatable bonds is 2. The van der Waals surface area contributed by atoms with Crippen LogP contribution in [0.25, 0.3) is 21.5 Å². The summed E-state index contributed by atoms with van der Waals surface area (Å²) in [5.41, 5.74) is 0. The second-order valence-corrected chi connectivity index (χ2v) is 6.34. The molecule has 2 heteroatoms. The van der Waals surface area contributed by atoms with Gasteiger partial charge in [0.25, 0.3) is 0 Å². The van der Waals surface area contributed by atoms with E-state index in [1.165, 1.54) is 21.5 Å². The number of nitrogens with zero attached hydrogens (tertiary/aromatic N) is 2. The summed E-state index contributed by atoms with van der Waals surface area (Å²) in [4.78, 5) is 4.25. The Balaban J connectivity index is 0.000000243. The lowest BCUT2D eigenvalue weighted by Gasteiger charge is -2.00. The molecule has 130 valence electrons. The van der Waals surface area contributed by atoms with E-state index in [4.69, 9.17) is 0 Å². The van der Waals surface area contributed by atoms with Crippen molar-refractivity contribution in [3.05, 3.63) is 60.7 Å². The Kier molecular flexibility index (Phi) is 9.06. The second kappa shape index (κ2) is 10.8. The van der Waals surface area contributed by atoms with Crippen LogP contribution in [0.3, 0.4) is 0 Å². The van der Waals surface area contributed by atoms with Crippen LogP contribution in [-0.4, -0.2) is 51.1 Å². The summed E-state index contributed by atoms with van der Waals surface area (Å²) in [5, 5.41) is 5.25. The first-order valence-corrected chi connectivity index (χ1v) is 8.64. The molecule has 0 atom stereocenters. The van der Waals surface area contributed by atoms with Gasteiger partial charge < -0.3 is 9.80 Å². The minimum Gasteiger partial charge on any atom is -0.310 e. The lowest BCUT2D eigenvalue weighted by molar-refractivity contribution is 0.434. The van der Waals surface area contributed by atoms with Crippen molar-refractivity contribution >= 4 is 21.5 Å². The van der Waals surface area contributed by atoms with Crippen molar-refractivity contribution in [2.75, 3.05) is 41.3 Å². The van der Waals surface area contributed by atoms with E-state index in [1.807, 2.05) is 0 Å². The third-order valence-electron chi connectivity index (χ3n) is 3.88. The molecule has 3 aromatic rings. The summed E-state index contributed by atoms with van der Waals surface area (Å²) in [7, 11) is 8.22. The first kappa shape index (κ1) is 20.1. The van der Waals surface area contributed by atoms with Gasteiger partial charge in [0.1, 0.15) is 0 Å². The van der Waals surface area contributed by atoms with Gasteiger partial charge in [-0.2, -0.15) is 0 Å². The molecular weight excluding hydrogens is 292 g/mol. The Morgan fingerprint density at radius 3 is 0.917 bits per heavy atom. The third-order valence-corrected chi connectivity index (χ3v) is 3.88. The lowest BCUT2D eigenvalue weighted by Crippen LogP contribution is -2.08. The van der Waals surface area contributed by atoms with Crippen LogP contribution in [0.4, 0.5) is 0 Å². The summed E-state index contributed by atoms with van der Waals surface area (Å²) in [5.74, 6) is 0. The maximum Gasteiger partial charge on any atom is -0.00533 e. The van der Waals surface area contributed by atoms with Crippen LogP contribution in [0.5, 0.6) is 0 Å². The minimum atomic E-state index is 1.14. The number of benzene rings is 3. The Morgan fingerprint density at radius 2 is 0.750 bits per heavy atom. The van der Waals surface area contributed by atoms with E-state index in [0.717, 1.165) is 13.1 Å². The topological polar surface area (TPSA) is 6.48 Å². The molecular formula is C22H32N2. The molecule has 0 bridgehead atoms. The van der Waals surface area contributed by atoms with E-state index < -0.39 is 0 Å². The number of fused-ring (bicyclic) bond motifs is 2. The van der Waals surface area contributed by atoms with Crippen molar-refractivity contribution in [2.24, 2.45) is 0 Å². The highest BCUT2D eigenvalue weighted by Gasteiger charge is 1.95. The SMILES string of the molecule is CCN(C)C.CCN(C)C.c1ccc2cc3ccccc3cc2c1. The number of hydrogen-bond acceptors (Lipinski definition) is 2. The fourth-order valence-electron chi connectivity index (χ4n) is 1.88. The molecule has 0 unspecified atom stereocenters. The smallest absolute Gasteiger partial charge is 0.00533 e. The van der Waals surface area contributed by atoms with Crippen LogP contribution in [0.2, 0.25) is 0 Å². The standard InChI is InChI=1S/C14H10.2C4H11N/c1-2-6-12-10-14-8-4-3-7-13(14)9-11(12)5-1;2*1-4-5(2)3/h1-10H;2*4H2,1-3H3. The highest BCUT2D eigenvalue weighted by Crippen LogP contribution is 2.21. The van der Waals surface area contributed by atoms with Gasteiger partial charge in [0.15, 0.2) is 0 Å². The van der Waals surface area contributed by atoms with Crippen LogP contribution in [-0.2, 0) is 0 Å². The average Bonchev–Trinajstić information content (AvgIpc) is 2.60. The molecule has 3 aromatic carbocycles. The molecule has 3 rings (SSSR count). The van der Waals surface area contributed by atoms with Crippen molar-refractivity contribution in [1.29, 1.82) is 0 Å². The Morgan fingerprint density at radius 1 is 0.542 bits per heavy atom. The fraction of sp³-hybridized carbons (Fsp3) is 0.364. The van der Waals surface area contributed by atoms with Gasteiger partial charge in [0.2, 0.25) is 0 Å². The Hall–Kier alpha value is -1.90. The largest absolute Gasteiger partial charge is 0.310 e. The van der Waals surface area contributed by atoms with Gasteiger partial charge in [-0.3, -0.25) is 0 Å². The van der Waals surface area contributed by atoms with Gasteiger partial charge in [0, 0.05) is 0 Å². The summed E-state index contributed by atoms with van der Waals surface area (Å²) >= 11 is 0. The zero-order chi connectivity index (χ0) is 17.9. The van der Waals surface area contributed by atoms with Crippen LogP contribution in [0.1, 0.15) is 13.8 Å². The van der Waals surface area contributed by atoms with Gasteiger partial charge in [-0.15, -0.1) is 0 Å². The van der Waals surface area contributed by atoms with Crippen molar-refractivity contribution in [2.45, 2.75) is 13.8 Å². The Bertz CT molecular complexity index is 604. The lowest BCUT2D eigenvalue weighted by atomic mass is 10.0. The molecule has 2 nitrogen and oxygen atoms in total. The average molecular weight is 325 g/mol. The predicted molar refractivity (Wildman–Crippen MR) is 110 cm³/mol. The summed E-state index contributed by atoms with van der Waals surface area (Å²) < 4.78 is 0. The first-order valence-electron chi connectivity index (χ1n) is 8.64. The van der Waals surface area contributed by atoms with Gasteiger partial charge in [0.05, 0.1) is 0 Å². The summed E-state index contributed by atoms with van der Waals surface area (Å²) in [6, 6.07) is 21.4. The van der Waals surface area contributed by atoms with Crippen LogP contribution in [0, 0.1) is 0 Å². The molecule has 0 amide bonds. The molecule has 24 heavy (non-hydrogen) atoms. The molecule has 0 aliphatic carbocycles. The van der Waals surface area contributed by atoms with E-state index >= 15 is 0 Å². The second-order valence-electron chi connectivity index (χ2n) is 6.34. The normalized spacial score (nSPS) is 10.3. The highest BCUT2D eigenvalue weighted by molar-refractivity contribution is 5.98. The molecule has 0 saturated carbocycles. The predicted octanol–water partition coefficient (Wildman–Crippen LogP) is 5.13. The molecule has 0 aliphatic heterocycles. The maximum atomic E-state index is 2.24. The Labute approximate surface area is 147 Å². The molecule has 0 fully saturated rings. The monoisotopic (exact) mass is 324 g/mol. The van der Waals surface area contributed by atoms with Crippen LogP contribution < -0.4 is 0 Å². The molecule has 0 aliphatic rings. The third kappa shape index (κ3) is 7.12. The molecule has 0 radical (unpaired) electrons. The van der Waals surface area contributed by atoms with E-state index in [1.54, 1.807) is 0 Å². The molecule has 0 spiro atoms. The van der Waals surface area contributed by atoms with Crippen molar-refractivity contribution in [1.82, 2.24) is 9.80 Å². The number of hydrogen-bond donors (Lipinski definition) is 0.